The molecule has 12 nitrogen and oxygen atoms in total. The first-order valence-electron chi connectivity index (χ1n) is 13.4. The topological polar surface area (TPSA) is 142 Å². The molecular weight excluding hydrogens is 613 g/mol. The molecule has 14 heteroatoms. The molecular formula is C31H31ClFN3O9. The second-order valence-electron chi connectivity index (χ2n) is 10.0. The van der Waals surface area contributed by atoms with E-state index in [-0.39, 0.29) is 62.7 Å². The number of hydrogen-bond donors (Lipinski definition) is 2. The third kappa shape index (κ3) is 6.43. The minimum atomic E-state index is -1.18. The van der Waals surface area contributed by atoms with Crippen LogP contribution in [-0.4, -0.2) is 70.1 Å². The van der Waals surface area contributed by atoms with Gasteiger partial charge in [-0.2, -0.15) is 0 Å². The highest BCUT2D eigenvalue weighted by Gasteiger charge is 2.36. The number of esters is 1. The Bertz CT molecular complexity index is 1690. The van der Waals surface area contributed by atoms with E-state index >= 15 is 0 Å². The van der Waals surface area contributed by atoms with E-state index in [4.69, 9.17) is 35.3 Å². The number of carbonyl (C=O) groups excluding carboxylic acids is 4. The van der Waals surface area contributed by atoms with Crippen molar-refractivity contribution in [3.63, 3.8) is 0 Å². The number of likely N-dealkylation sites (N-methyl/N-ethyl adjacent to an activating group) is 1. The quantitative estimate of drug-likeness (QED) is 0.304. The zero-order valence-corrected chi connectivity index (χ0v) is 26.3. The van der Waals surface area contributed by atoms with Crippen LogP contribution < -0.4 is 29.6 Å². The Kier molecular flexibility index (Phi) is 9.72. The molecule has 1 aliphatic heterocycles. The average molecular weight is 644 g/mol. The number of rotatable bonds is 9. The van der Waals surface area contributed by atoms with E-state index in [1.165, 1.54) is 65.8 Å². The maximum atomic E-state index is 14.4. The molecule has 0 saturated carbocycles. The fourth-order valence-electron chi connectivity index (χ4n) is 4.80. The molecule has 0 bridgehead atoms. The molecule has 3 amide bonds. The van der Waals surface area contributed by atoms with E-state index < -0.39 is 35.5 Å². The highest BCUT2D eigenvalue weighted by atomic mass is 35.5. The third-order valence-corrected chi connectivity index (χ3v) is 7.56. The molecule has 0 fully saturated rings. The molecule has 0 saturated heterocycles. The van der Waals surface area contributed by atoms with Gasteiger partial charge in [0.25, 0.3) is 11.8 Å². The third-order valence-electron chi connectivity index (χ3n) is 7.19. The molecule has 1 atom stereocenters. The number of halogens is 2. The predicted octanol–water partition coefficient (Wildman–Crippen LogP) is 5.12. The van der Waals surface area contributed by atoms with Crippen LogP contribution in [0, 0.1) is 19.7 Å². The number of fused-ring (bicyclic) bond motifs is 1. The number of hydrogen-bond acceptors (Lipinski definition) is 9. The number of carbonyl (C=O) groups is 4. The number of methoxy groups -OCH3 is 4. The molecule has 0 radical (unpaired) electrons. The van der Waals surface area contributed by atoms with E-state index in [9.17, 15) is 23.6 Å². The molecule has 4 rings (SSSR count). The van der Waals surface area contributed by atoms with Gasteiger partial charge in [0.2, 0.25) is 11.7 Å². The van der Waals surface area contributed by atoms with Gasteiger partial charge in [-0.25, -0.2) is 4.39 Å². The summed E-state index contributed by atoms with van der Waals surface area (Å²) in [5.74, 6) is -2.51. The largest absolute Gasteiger partial charge is 0.493 e. The molecule has 3 aromatic rings. The molecule has 0 aliphatic carbocycles. The van der Waals surface area contributed by atoms with Crippen molar-refractivity contribution < 1.29 is 47.3 Å². The Morgan fingerprint density at radius 1 is 0.956 bits per heavy atom. The molecule has 1 heterocycles. The van der Waals surface area contributed by atoms with Crippen molar-refractivity contribution in [1.82, 2.24) is 4.90 Å². The molecule has 0 unspecified atom stereocenters. The van der Waals surface area contributed by atoms with E-state index in [0.717, 1.165) is 4.90 Å². The second-order valence-corrected chi connectivity index (χ2v) is 10.4. The lowest BCUT2D eigenvalue weighted by Gasteiger charge is -2.23. The molecule has 45 heavy (non-hydrogen) atoms. The Hall–Kier alpha value is -5.04. The van der Waals surface area contributed by atoms with Crippen LogP contribution in [0.25, 0.3) is 0 Å². The van der Waals surface area contributed by atoms with Crippen LogP contribution in [0.3, 0.4) is 0 Å². The highest BCUT2D eigenvalue weighted by Crippen LogP contribution is 2.45. The van der Waals surface area contributed by atoms with E-state index in [0.29, 0.717) is 11.1 Å². The lowest BCUT2D eigenvalue weighted by atomic mass is 10.1. The summed E-state index contributed by atoms with van der Waals surface area (Å²) in [6.07, 6.45) is -0.390. The van der Waals surface area contributed by atoms with Gasteiger partial charge < -0.3 is 39.2 Å². The number of aryl methyl sites for hydroxylation is 2. The Morgan fingerprint density at radius 2 is 1.60 bits per heavy atom. The van der Waals surface area contributed by atoms with Gasteiger partial charge in [-0.05, 0) is 55.3 Å². The monoisotopic (exact) mass is 643 g/mol. The van der Waals surface area contributed by atoms with E-state index in [1.54, 1.807) is 13.8 Å². The van der Waals surface area contributed by atoms with Crippen LogP contribution in [0.1, 0.15) is 38.3 Å². The molecule has 0 spiro atoms. The minimum Gasteiger partial charge on any atom is -0.493 e. The zero-order chi connectivity index (χ0) is 33.2. The Labute approximate surface area is 263 Å². The van der Waals surface area contributed by atoms with Crippen molar-refractivity contribution in [3.05, 3.63) is 63.4 Å². The Morgan fingerprint density at radius 3 is 2.18 bits per heavy atom. The number of ether oxygens (including phenoxy) is 5. The first-order valence-corrected chi connectivity index (χ1v) is 13.8. The van der Waals surface area contributed by atoms with Crippen LogP contribution in [0.4, 0.5) is 15.8 Å². The fraction of sp³-hybridized carbons (Fsp3) is 0.290. The van der Waals surface area contributed by atoms with Gasteiger partial charge in [-0.3, -0.25) is 19.2 Å². The van der Waals surface area contributed by atoms with Crippen molar-refractivity contribution in [3.8, 4) is 28.7 Å². The standard InChI is InChI=1S/C31H31ClFN3O9/c1-14-8-16(9-15(2)26(14)33)45-22-10-17-19(34-30(39)21(13-24(37)42-5)36(3)31(17)40)12-20(22)35-29(38)18-11-23(41-4)27(43-6)28(44-7)25(18)32/h8-12,21H,13H2,1-7H3,(H,34,39)(H,35,38)/t21-/m0/s1. The van der Waals surface area contributed by atoms with Crippen LogP contribution in [0.15, 0.2) is 30.3 Å². The van der Waals surface area contributed by atoms with Crippen molar-refractivity contribution in [2.24, 2.45) is 0 Å². The summed E-state index contributed by atoms with van der Waals surface area (Å²) >= 11 is 6.53. The number of nitrogens with one attached hydrogen (secondary N) is 2. The number of anilines is 2. The van der Waals surface area contributed by atoms with Gasteiger partial charge in [-0.1, -0.05) is 11.6 Å². The van der Waals surface area contributed by atoms with E-state index in [2.05, 4.69) is 10.6 Å². The van der Waals surface area contributed by atoms with Crippen LogP contribution in [0.5, 0.6) is 28.7 Å². The summed E-state index contributed by atoms with van der Waals surface area (Å²) in [5.41, 5.74) is 0.623. The van der Waals surface area contributed by atoms with Crippen molar-refractivity contribution >= 4 is 46.7 Å². The summed E-state index contributed by atoms with van der Waals surface area (Å²) in [6.45, 7) is 3.13. The molecule has 3 aromatic carbocycles. The second kappa shape index (κ2) is 13.3. The molecule has 0 aromatic heterocycles. The lowest BCUT2D eigenvalue weighted by Crippen LogP contribution is -2.44. The summed E-state index contributed by atoms with van der Waals surface area (Å²) < 4.78 is 41.2. The van der Waals surface area contributed by atoms with Crippen molar-refractivity contribution in [1.29, 1.82) is 0 Å². The number of amides is 3. The Balaban J connectivity index is 1.85. The van der Waals surface area contributed by atoms with E-state index in [1.807, 2.05) is 0 Å². The summed E-state index contributed by atoms with van der Waals surface area (Å²) in [5, 5.41) is 5.28. The number of benzene rings is 3. The summed E-state index contributed by atoms with van der Waals surface area (Å²) in [7, 11) is 6.66. The highest BCUT2D eigenvalue weighted by molar-refractivity contribution is 6.36. The first kappa shape index (κ1) is 32.9. The van der Waals surface area contributed by atoms with Crippen LogP contribution in [-0.2, 0) is 14.3 Å². The lowest BCUT2D eigenvalue weighted by molar-refractivity contribution is -0.143. The van der Waals surface area contributed by atoms with Gasteiger partial charge in [0, 0.05) is 7.05 Å². The first-order chi connectivity index (χ1) is 21.3. The molecule has 1 aliphatic rings. The summed E-state index contributed by atoms with van der Waals surface area (Å²) in [6, 6.07) is 5.75. The normalized spacial score (nSPS) is 14.2. The van der Waals surface area contributed by atoms with Gasteiger partial charge in [0.15, 0.2) is 17.2 Å². The van der Waals surface area contributed by atoms with Gasteiger partial charge in [0.1, 0.15) is 17.6 Å². The SMILES string of the molecule is COC(=O)C[C@H]1C(=O)Nc2cc(NC(=O)c3cc(OC)c(OC)c(OC)c3Cl)c(Oc3cc(C)c(F)c(C)c3)cc2C(=O)N1C. The smallest absolute Gasteiger partial charge is 0.308 e. The fourth-order valence-corrected chi connectivity index (χ4v) is 5.11. The van der Waals surface area contributed by atoms with Crippen LogP contribution in [0.2, 0.25) is 5.02 Å². The molecule has 2 N–H and O–H groups in total. The maximum Gasteiger partial charge on any atom is 0.308 e. The van der Waals surface area contributed by atoms with Crippen molar-refractivity contribution in [2.75, 3.05) is 46.1 Å². The molecule has 238 valence electrons. The predicted molar refractivity (Wildman–Crippen MR) is 163 cm³/mol. The number of nitrogens with zero attached hydrogens (tertiary/aromatic N) is 1. The average Bonchev–Trinajstić information content (AvgIpc) is 3.09. The zero-order valence-electron chi connectivity index (χ0n) is 25.5. The minimum absolute atomic E-state index is 0.00703. The van der Waals surface area contributed by atoms with Gasteiger partial charge >= 0.3 is 5.97 Å². The van der Waals surface area contributed by atoms with Crippen molar-refractivity contribution in [2.45, 2.75) is 26.3 Å². The maximum absolute atomic E-state index is 14.4. The summed E-state index contributed by atoms with van der Waals surface area (Å²) in [4.78, 5) is 53.5. The van der Waals surface area contributed by atoms with Gasteiger partial charge in [-0.15, -0.1) is 0 Å². The van der Waals surface area contributed by atoms with Gasteiger partial charge in [0.05, 0.1) is 62.4 Å². The van der Waals surface area contributed by atoms with Crippen LogP contribution >= 0.6 is 11.6 Å².